The minimum Gasteiger partial charge on any atom is -0.497 e. The highest BCUT2D eigenvalue weighted by Gasteiger charge is 2.45. The molecule has 144 valence electrons. The molecule has 7 heteroatoms. The highest BCUT2D eigenvalue weighted by atomic mass is 19.4. The predicted octanol–water partition coefficient (Wildman–Crippen LogP) is 4.59. The van der Waals surface area contributed by atoms with Gasteiger partial charge in [0.2, 0.25) is 0 Å². The van der Waals surface area contributed by atoms with Gasteiger partial charge in [-0.05, 0) is 39.7 Å². The smallest absolute Gasteiger partial charge is 0.416 e. The zero-order chi connectivity index (χ0) is 19.2. The number of ether oxygens (including phenoxy) is 2. The first-order valence-corrected chi connectivity index (χ1v) is 8.77. The molecule has 0 saturated carbocycles. The lowest BCUT2D eigenvalue weighted by Crippen LogP contribution is -2.37. The van der Waals surface area contributed by atoms with E-state index in [0.717, 1.165) is 12.5 Å². The van der Waals surface area contributed by atoms with Gasteiger partial charge in [0.25, 0.3) is 0 Å². The average Bonchev–Trinajstić information content (AvgIpc) is 3.13. The van der Waals surface area contributed by atoms with Gasteiger partial charge >= 0.3 is 12.3 Å². The van der Waals surface area contributed by atoms with E-state index in [1.54, 1.807) is 11.0 Å². The zero-order valence-corrected chi connectivity index (χ0v) is 15.2. The van der Waals surface area contributed by atoms with Gasteiger partial charge in [0.05, 0.1) is 17.9 Å². The van der Waals surface area contributed by atoms with Crippen LogP contribution < -0.4 is 0 Å². The SMILES string of the molecule is CC(C)(C)OC(=O)N1CCC2(C=C(C3C=CC(C(F)(F)F)=CC3)OC2)C1. The van der Waals surface area contributed by atoms with Gasteiger partial charge in [-0.2, -0.15) is 13.2 Å². The molecule has 0 aromatic heterocycles. The molecule has 2 aliphatic heterocycles. The fourth-order valence-corrected chi connectivity index (χ4v) is 3.48. The summed E-state index contributed by atoms with van der Waals surface area (Å²) in [5.41, 5.74) is -1.43. The van der Waals surface area contributed by atoms with E-state index in [4.69, 9.17) is 9.47 Å². The molecule has 1 amide bonds. The summed E-state index contributed by atoms with van der Waals surface area (Å²) in [5, 5.41) is 0. The number of nitrogens with zero attached hydrogens (tertiary/aromatic N) is 1. The topological polar surface area (TPSA) is 38.8 Å². The van der Waals surface area contributed by atoms with Crippen LogP contribution in [0.4, 0.5) is 18.0 Å². The minimum atomic E-state index is -4.31. The molecule has 3 aliphatic rings. The Morgan fingerprint density at radius 2 is 2.08 bits per heavy atom. The number of hydrogen-bond donors (Lipinski definition) is 0. The molecule has 26 heavy (non-hydrogen) atoms. The summed E-state index contributed by atoms with van der Waals surface area (Å²) in [5.74, 6) is 0.515. The van der Waals surface area contributed by atoms with Gasteiger partial charge in [0.1, 0.15) is 5.60 Å². The average molecular weight is 371 g/mol. The first-order valence-electron chi connectivity index (χ1n) is 8.77. The highest BCUT2D eigenvalue weighted by molar-refractivity contribution is 5.68. The fourth-order valence-electron chi connectivity index (χ4n) is 3.48. The summed E-state index contributed by atoms with van der Waals surface area (Å²) in [6, 6.07) is 0. The van der Waals surface area contributed by atoms with Gasteiger partial charge in [-0.15, -0.1) is 0 Å². The second-order valence-corrected chi connectivity index (χ2v) is 8.21. The summed E-state index contributed by atoms with van der Waals surface area (Å²) in [7, 11) is 0. The molecule has 1 aliphatic carbocycles. The van der Waals surface area contributed by atoms with Crippen molar-refractivity contribution in [2.24, 2.45) is 11.3 Å². The first kappa shape index (κ1) is 18.9. The Kier molecular flexibility index (Phi) is 4.61. The lowest BCUT2D eigenvalue weighted by atomic mass is 9.86. The molecule has 1 spiro atoms. The zero-order valence-electron chi connectivity index (χ0n) is 15.2. The molecule has 2 heterocycles. The van der Waals surface area contributed by atoms with Crippen molar-refractivity contribution in [3.05, 3.63) is 35.6 Å². The molecule has 0 bridgehead atoms. The molecule has 2 unspecified atom stereocenters. The van der Waals surface area contributed by atoms with E-state index in [1.165, 1.54) is 6.08 Å². The summed E-state index contributed by atoms with van der Waals surface area (Å²) in [6.07, 6.45) is 2.25. The number of likely N-dealkylation sites (tertiary alicyclic amines) is 1. The van der Waals surface area contributed by atoms with Crippen LogP contribution in [0.5, 0.6) is 0 Å². The van der Waals surface area contributed by atoms with Crippen molar-refractivity contribution in [2.45, 2.75) is 45.4 Å². The van der Waals surface area contributed by atoms with E-state index in [0.29, 0.717) is 25.5 Å². The van der Waals surface area contributed by atoms with Gasteiger partial charge in [-0.25, -0.2) is 4.79 Å². The van der Waals surface area contributed by atoms with E-state index < -0.39 is 17.4 Å². The molecular formula is C19H24F3NO3. The Hall–Kier alpha value is -1.92. The molecule has 0 aromatic carbocycles. The van der Waals surface area contributed by atoms with Gasteiger partial charge in [0.15, 0.2) is 0 Å². The van der Waals surface area contributed by atoms with Crippen molar-refractivity contribution in [1.29, 1.82) is 0 Å². The number of alkyl halides is 3. The number of amides is 1. The van der Waals surface area contributed by atoms with Crippen molar-refractivity contribution >= 4 is 6.09 Å². The molecule has 0 radical (unpaired) electrons. The number of hydrogen-bond acceptors (Lipinski definition) is 3. The van der Waals surface area contributed by atoms with Crippen LogP contribution in [0.2, 0.25) is 0 Å². The van der Waals surface area contributed by atoms with E-state index >= 15 is 0 Å². The number of halogens is 3. The summed E-state index contributed by atoms with van der Waals surface area (Å²) < 4.78 is 49.3. The van der Waals surface area contributed by atoms with E-state index in [9.17, 15) is 18.0 Å². The quantitative estimate of drug-likeness (QED) is 0.677. The highest BCUT2D eigenvalue weighted by Crippen LogP contribution is 2.42. The third-order valence-electron chi connectivity index (χ3n) is 4.80. The second kappa shape index (κ2) is 6.35. The third-order valence-corrected chi connectivity index (χ3v) is 4.80. The van der Waals surface area contributed by atoms with Crippen molar-refractivity contribution in [1.82, 2.24) is 4.90 Å². The number of rotatable bonds is 1. The van der Waals surface area contributed by atoms with Crippen LogP contribution in [-0.2, 0) is 9.47 Å². The van der Waals surface area contributed by atoms with Crippen LogP contribution in [-0.4, -0.2) is 42.5 Å². The minimum absolute atomic E-state index is 0.184. The normalized spacial score (nSPS) is 28.8. The maximum atomic E-state index is 12.7. The van der Waals surface area contributed by atoms with Gasteiger partial charge in [-0.1, -0.05) is 18.2 Å². The maximum absolute atomic E-state index is 12.7. The lowest BCUT2D eigenvalue weighted by molar-refractivity contribution is -0.0887. The van der Waals surface area contributed by atoms with Crippen LogP contribution in [0.1, 0.15) is 33.6 Å². The number of carbonyl (C=O) groups excluding carboxylic acids is 1. The van der Waals surface area contributed by atoms with Crippen LogP contribution in [0, 0.1) is 11.3 Å². The summed E-state index contributed by atoms with van der Waals surface area (Å²) in [6.45, 7) is 7.01. The Labute approximate surface area is 151 Å². The monoisotopic (exact) mass is 371 g/mol. The summed E-state index contributed by atoms with van der Waals surface area (Å²) >= 11 is 0. The Balaban J connectivity index is 1.63. The molecule has 3 rings (SSSR count). The molecule has 1 fully saturated rings. The number of allylic oxidation sites excluding steroid dienone is 4. The van der Waals surface area contributed by atoms with Crippen molar-refractivity contribution in [3.63, 3.8) is 0 Å². The van der Waals surface area contributed by atoms with E-state index in [2.05, 4.69) is 0 Å². The van der Waals surface area contributed by atoms with Crippen molar-refractivity contribution in [2.75, 3.05) is 19.7 Å². The molecule has 2 atom stereocenters. The summed E-state index contributed by atoms with van der Waals surface area (Å²) in [4.78, 5) is 13.9. The number of carbonyl (C=O) groups is 1. The molecule has 4 nitrogen and oxygen atoms in total. The van der Waals surface area contributed by atoms with Crippen molar-refractivity contribution < 1.29 is 27.4 Å². The van der Waals surface area contributed by atoms with Crippen LogP contribution in [0.15, 0.2) is 35.6 Å². The molecular weight excluding hydrogens is 347 g/mol. The standard InChI is InChI=1S/C19H24F3NO3/c1-17(2,3)26-16(24)23-9-8-18(11-23)10-15(25-12-18)13-4-6-14(7-5-13)19(20,21)22/h4,6-7,10,13H,5,8-9,11-12H2,1-3H3. The van der Waals surface area contributed by atoms with Gasteiger partial charge < -0.3 is 14.4 Å². The Morgan fingerprint density at radius 3 is 2.65 bits per heavy atom. The van der Waals surface area contributed by atoms with E-state index in [-0.39, 0.29) is 23.8 Å². The fraction of sp³-hybridized carbons (Fsp3) is 0.632. The predicted molar refractivity (Wildman–Crippen MR) is 90.3 cm³/mol. The van der Waals surface area contributed by atoms with Crippen molar-refractivity contribution in [3.8, 4) is 0 Å². The lowest BCUT2D eigenvalue weighted by Gasteiger charge is -2.25. The Morgan fingerprint density at radius 1 is 1.35 bits per heavy atom. The van der Waals surface area contributed by atoms with Crippen LogP contribution in [0.25, 0.3) is 0 Å². The second-order valence-electron chi connectivity index (χ2n) is 8.21. The largest absolute Gasteiger partial charge is 0.497 e. The molecule has 0 aromatic rings. The first-order chi connectivity index (χ1) is 12.0. The van der Waals surface area contributed by atoms with E-state index in [1.807, 2.05) is 26.8 Å². The van der Waals surface area contributed by atoms with Gasteiger partial charge in [0, 0.05) is 24.4 Å². The Bertz CT molecular complexity index is 672. The van der Waals surface area contributed by atoms with Crippen LogP contribution in [0.3, 0.4) is 0 Å². The maximum Gasteiger partial charge on any atom is 0.416 e. The van der Waals surface area contributed by atoms with Crippen LogP contribution >= 0.6 is 0 Å². The molecule has 0 N–H and O–H groups in total. The van der Waals surface area contributed by atoms with Gasteiger partial charge in [-0.3, -0.25) is 0 Å². The molecule has 1 saturated heterocycles. The third kappa shape index (κ3) is 4.07.